The first-order valence-corrected chi connectivity index (χ1v) is 7.34. The topological polar surface area (TPSA) is 33.2 Å². The molecule has 1 aliphatic rings. The highest BCUT2D eigenvalue weighted by atomic mass is 32.1. The van der Waals surface area contributed by atoms with Crippen LogP contribution in [0.25, 0.3) is 0 Å². The van der Waals surface area contributed by atoms with Crippen LogP contribution in [0.3, 0.4) is 0 Å². The van der Waals surface area contributed by atoms with Gasteiger partial charge in [0, 0.05) is 17.1 Å². The van der Waals surface area contributed by atoms with E-state index in [0.29, 0.717) is 6.42 Å². The number of anilines is 1. The van der Waals surface area contributed by atoms with Crippen LogP contribution in [0.5, 0.6) is 0 Å². The third-order valence-corrected chi connectivity index (χ3v) is 4.30. The van der Waals surface area contributed by atoms with Crippen molar-refractivity contribution in [2.45, 2.75) is 32.7 Å². The molecule has 4 heteroatoms. The van der Waals surface area contributed by atoms with Gasteiger partial charge < -0.3 is 4.90 Å². The van der Waals surface area contributed by atoms with Crippen LogP contribution < -0.4 is 4.90 Å². The molecule has 1 amide bonds. The standard InChI is InChI=1S/C15H16N2OS/c1-10-7-12-5-3-4-6-14(12)17(10)15(18)8-13-9-19-11(2)16-13/h3-6,9-10H,7-8H2,1-2H3/t10-/m0/s1. The van der Waals surface area contributed by atoms with E-state index in [1.54, 1.807) is 11.3 Å². The van der Waals surface area contributed by atoms with Crippen molar-refractivity contribution < 1.29 is 4.79 Å². The van der Waals surface area contributed by atoms with Gasteiger partial charge in [0.25, 0.3) is 0 Å². The number of nitrogens with zero attached hydrogens (tertiary/aromatic N) is 2. The van der Waals surface area contributed by atoms with Crippen LogP contribution >= 0.6 is 11.3 Å². The number of hydrogen-bond acceptors (Lipinski definition) is 3. The number of amides is 1. The zero-order valence-corrected chi connectivity index (χ0v) is 11.9. The summed E-state index contributed by atoms with van der Waals surface area (Å²) in [5.41, 5.74) is 3.20. The summed E-state index contributed by atoms with van der Waals surface area (Å²) >= 11 is 1.59. The lowest BCUT2D eigenvalue weighted by molar-refractivity contribution is -0.118. The second-order valence-corrected chi connectivity index (χ2v) is 6.04. The van der Waals surface area contributed by atoms with Crippen LogP contribution in [-0.4, -0.2) is 16.9 Å². The Kier molecular flexibility index (Phi) is 3.11. The highest BCUT2D eigenvalue weighted by Crippen LogP contribution is 2.32. The van der Waals surface area contributed by atoms with E-state index in [4.69, 9.17) is 0 Å². The third-order valence-electron chi connectivity index (χ3n) is 3.47. The maximum Gasteiger partial charge on any atom is 0.233 e. The molecule has 0 unspecified atom stereocenters. The molecule has 1 aliphatic heterocycles. The van der Waals surface area contributed by atoms with E-state index in [2.05, 4.69) is 18.0 Å². The van der Waals surface area contributed by atoms with Crippen LogP contribution in [0.1, 0.15) is 23.2 Å². The molecule has 3 rings (SSSR count). The van der Waals surface area contributed by atoms with E-state index in [1.807, 2.05) is 35.4 Å². The molecule has 1 aromatic heterocycles. The molecule has 0 saturated carbocycles. The molecular formula is C15H16N2OS. The second kappa shape index (κ2) is 4.78. The van der Waals surface area contributed by atoms with Gasteiger partial charge in [0.05, 0.1) is 17.1 Å². The van der Waals surface area contributed by atoms with Gasteiger partial charge in [-0.05, 0) is 31.9 Å². The molecule has 0 spiro atoms. The molecule has 0 radical (unpaired) electrons. The SMILES string of the molecule is Cc1nc(CC(=O)N2c3ccccc3C[C@@H]2C)cs1. The fourth-order valence-electron chi connectivity index (χ4n) is 2.68. The summed E-state index contributed by atoms with van der Waals surface area (Å²) in [5.74, 6) is 0.141. The van der Waals surface area contributed by atoms with Gasteiger partial charge in [0.1, 0.15) is 0 Å². The van der Waals surface area contributed by atoms with Gasteiger partial charge in [-0.25, -0.2) is 4.98 Å². The Bertz CT molecular complexity index is 620. The highest BCUT2D eigenvalue weighted by molar-refractivity contribution is 7.09. The molecule has 1 aromatic carbocycles. The number of rotatable bonds is 2. The van der Waals surface area contributed by atoms with Crippen LogP contribution in [0.2, 0.25) is 0 Å². The van der Waals surface area contributed by atoms with Gasteiger partial charge >= 0.3 is 0 Å². The Balaban J connectivity index is 1.84. The van der Waals surface area contributed by atoms with Crippen molar-refractivity contribution in [2.75, 3.05) is 4.90 Å². The molecule has 0 N–H and O–H groups in total. The lowest BCUT2D eigenvalue weighted by atomic mass is 10.1. The quantitative estimate of drug-likeness (QED) is 0.842. The van der Waals surface area contributed by atoms with Crippen molar-refractivity contribution in [1.82, 2.24) is 4.98 Å². The minimum Gasteiger partial charge on any atom is -0.309 e. The largest absolute Gasteiger partial charge is 0.309 e. The summed E-state index contributed by atoms with van der Waals surface area (Å²) in [6, 6.07) is 8.40. The maximum absolute atomic E-state index is 12.5. The summed E-state index contributed by atoms with van der Waals surface area (Å²) in [6.07, 6.45) is 1.33. The number of carbonyl (C=O) groups is 1. The third kappa shape index (κ3) is 2.28. The summed E-state index contributed by atoms with van der Waals surface area (Å²) in [6.45, 7) is 4.07. The number of fused-ring (bicyclic) bond motifs is 1. The van der Waals surface area contributed by atoms with Gasteiger partial charge in [0.15, 0.2) is 0 Å². The number of hydrogen-bond donors (Lipinski definition) is 0. The van der Waals surface area contributed by atoms with Crippen molar-refractivity contribution >= 4 is 22.9 Å². The number of aromatic nitrogens is 1. The highest BCUT2D eigenvalue weighted by Gasteiger charge is 2.30. The Morgan fingerprint density at radius 2 is 2.26 bits per heavy atom. The van der Waals surface area contributed by atoms with Crippen LogP contribution in [-0.2, 0) is 17.6 Å². The van der Waals surface area contributed by atoms with Gasteiger partial charge in [-0.1, -0.05) is 18.2 Å². The fraction of sp³-hybridized carbons (Fsp3) is 0.333. The molecule has 1 atom stereocenters. The van der Waals surface area contributed by atoms with Gasteiger partial charge in [-0.3, -0.25) is 4.79 Å². The molecule has 2 heterocycles. The molecule has 0 bridgehead atoms. The van der Waals surface area contributed by atoms with Gasteiger partial charge in [0.2, 0.25) is 5.91 Å². The van der Waals surface area contributed by atoms with E-state index in [1.165, 1.54) is 5.56 Å². The lowest BCUT2D eigenvalue weighted by Gasteiger charge is -2.22. The molecule has 0 aliphatic carbocycles. The first kappa shape index (κ1) is 12.4. The normalized spacial score (nSPS) is 17.6. The smallest absolute Gasteiger partial charge is 0.233 e. The zero-order chi connectivity index (χ0) is 13.4. The lowest BCUT2D eigenvalue weighted by Crippen LogP contribution is -2.36. The summed E-state index contributed by atoms with van der Waals surface area (Å²) < 4.78 is 0. The predicted molar refractivity (Wildman–Crippen MR) is 77.6 cm³/mol. The van der Waals surface area contributed by atoms with Crippen molar-refractivity contribution in [3.05, 3.63) is 45.9 Å². The minimum absolute atomic E-state index is 0.141. The predicted octanol–water partition coefficient (Wildman–Crippen LogP) is 2.97. The average molecular weight is 272 g/mol. The Morgan fingerprint density at radius 3 is 3.00 bits per heavy atom. The Hall–Kier alpha value is -1.68. The molecule has 98 valence electrons. The minimum atomic E-state index is 0.141. The number of aryl methyl sites for hydroxylation is 1. The van der Waals surface area contributed by atoms with Gasteiger partial charge in [-0.2, -0.15) is 0 Å². The van der Waals surface area contributed by atoms with Crippen LogP contribution in [0.15, 0.2) is 29.6 Å². The van der Waals surface area contributed by atoms with E-state index < -0.39 is 0 Å². The molecule has 3 nitrogen and oxygen atoms in total. The number of para-hydroxylation sites is 1. The van der Waals surface area contributed by atoms with Crippen molar-refractivity contribution in [2.24, 2.45) is 0 Å². The first-order valence-electron chi connectivity index (χ1n) is 6.46. The monoisotopic (exact) mass is 272 g/mol. The van der Waals surface area contributed by atoms with E-state index in [0.717, 1.165) is 22.8 Å². The van der Waals surface area contributed by atoms with Crippen LogP contribution in [0.4, 0.5) is 5.69 Å². The second-order valence-electron chi connectivity index (χ2n) is 4.98. The number of carbonyl (C=O) groups excluding carboxylic acids is 1. The van der Waals surface area contributed by atoms with Crippen molar-refractivity contribution in [3.8, 4) is 0 Å². The molecular weight excluding hydrogens is 256 g/mol. The molecule has 0 saturated heterocycles. The summed E-state index contributed by atoms with van der Waals surface area (Å²) in [7, 11) is 0. The molecule has 19 heavy (non-hydrogen) atoms. The van der Waals surface area contributed by atoms with Crippen molar-refractivity contribution in [3.63, 3.8) is 0 Å². The van der Waals surface area contributed by atoms with E-state index >= 15 is 0 Å². The summed E-state index contributed by atoms with van der Waals surface area (Å²) in [5, 5.41) is 2.98. The Morgan fingerprint density at radius 1 is 1.47 bits per heavy atom. The van der Waals surface area contributed by atoms with Crippen LogP contribution in [0, 0.1) is 6.92 Å². The van der Waals surface area contributed by atoms with Gasteiger partial charge in [-0.15, -0.1) is 11.3 Å². The first-order chi connectivity index (χ1) is 9.15. The van der Waals surface area contributed by atoms with E-state index in [9.17, 15) is 4.79 Å². The fourth-order valence-corrected chi connectivity index (χ4v) is 3.29. The summed E-state index contributed by atoms with van der Waals surface area (Å²) in [4.78, 5) is 18.8. The number of thiazole rings is 1. The molecule has 0 fully saturated rings. The maximum atomic E-state index is 12.5. The average Bonchev–Trinajstić information content (AvgIpc) is 2.91. The zero-order valence-electron chi connectivity index (χ0n) is 11.1. The molecule has 2 aromatic rings. The Labute approximate surface area is 116 Å². The van der Waals surface area contributed by atoms with E-state index in [-0.39, 0.29) is 11.9 Å². The number of benzene rings is 1. The van der Waals surface area contributed by atoms with Crippen molar-refractivity contribution in [1.29, 1.82) is 0 Å².